The van der Waals surface area contributed by atoms with E-state index in [1.807, 2.05) is 0 Å². The monoisotopic (exact) mass is 109 g/mol. The SMILES string of the molecule is [CH]c1ccc(F)cn1. The zero-order valence-corrected chi connectivity index (χ0v) is 4.13. The molecule has 2 heteroatoms. The molecule has 0 aliphatic rings. The van der Waals surface area contributed by atoms with Gasteiger partial charge in [0.2, 0.25) is 0 Å². The fourth-order valence-corrected chi connectivity index (χ4v) is 0.387. The number of pyridine rings is 1. The van der Waals surface area contributed by atoms with E-state index < -0.39 is 0 Å². The van der Waals surface area contributed by atoms with Gasteiger partial charge in [0.1, 0.15) is 5.82 Å². The molecule has 0 saturated carbocycles. The predicted octanol–water partition coefficient (Wildman–Crippen LogP) is 1.28. The Labute approximate surface area is 47.2 Å². The molecule has 2 radical (unpaired) electrons. The van der Waals surface area contributed by atoms with Gasteiger partial charge in [-0.2, -0.15) is 0 Å². The maximum atomic E-state index is 12.0. The molecule has 1 heterocycles. The largest absolute Gasteiger partial charge is 0.258 e. The fraction of sp³-hybridized carbons (Fsp3) is 0. The highest BCUT2D eigenvalue weighted by Crippen LogP contribution is 1.94. The molecule has 0 atom stereocenters. The second-order valence-corrected chi connectivity index (χ2v) is 1.40. The molecular weight excluding hydrogens is 105 g/mol. The van der Waals surface area contributed by atoms with E-state index in [9.17, 15) is 4.39 Å². The van der Waals surface area contributed by atoms with E-state index in [1.165, 1.54) is 12.1 Å². The summed E-state index contributed by atoms with van der Waals surface area (Å²) in [6.07, 6.45) is 1.08. The summed E-state index contributed by atoms with van der Waals surface area (Å²) in [4.78, 5) is 3.48. The second kappa shape index (κ2) is 1.90. The summed E-state index contributed by atoms with van der Waals surface area (Å²) in [7, 11) is 0. The summed E-state index contributed by atoms with van der Waals surface area (Å²) in [5.41, 5.74) is 0.339. The summed E-state index contributed by atoms with van der Waals surface area (Å²) >= 11 is 0. The first-order valence-electron chi connectivity index (χ1n) is 2.16. The summed E-state index contributed by atoms with van der Waals surface area (Å²) in [5, 5.41) is 0. The molecule has 0 spiro atoms. The van der Waals surface area contributed by atoms with E-state index in [0.717, 1.165) is 6.20 Å². The molecule has 0 fully saturated rings. The predicted molar refractivity (Wildman–Crippen MR) is 27.6 cm³/mol. The van der Waals surface area contributed by atoms with Gasteiger partial charge in [-0.05, 0) is 12.1 Å². The highest BCUT2D eigenvalue weighted by Gasteiger charge is 1.85. The standard InChI is InChI=1S/C6H4FN/c1-5-2-3-6(7)4-8-5/h1-4H. The van der Waals surface area contributed by atoms with Gasteiger partial charge in [0.15, 0.2) is 0 Å². The lowest BCUT2D eigenvalue weighted by atomic mass is 10.4. The Morgan fingerprint density at radius 2 is 2.25 bits per heavy atom. The molecule has 0 aliphatic heterocycles. The lowest BCUT2D eigenvalue weighted by Crippen LogP contribution is -1.79. The third-order valence-corrected chi connectivity index (χ3v) is 0.750. The molecule has 0 aromatic carbocycles. The van der Waals surface area contributed by atoms with E-state index >= 15 is 0 Å². The molecule has 1 aromatic rings. The van der Waals surface area contributed by atoms with Crippen molar-refractivity contribution < 1.29 is 4.39 Å². The Bertz CT molecular complexity index is 147. The molecule has 1 aromatic heterocycles. The van der Waals surface area contributed by atoms with Gasteiger partial charge >= 0.3 is 0 Å². The zero-order valence-electron chi connectivity index (χ0n) is 4.13. The first-order valence-corrected chi connectivity index (χ1v) is 2.16. The molecule has 1 rings (SSSR count). The highest BCUT2D eigenvalue weighted by molar-refractivity contribution is 5.07. The van der Waals surface area contributed by atoms with Crippen LogP contribution in [0.2, 0.25) is 0 Å². The van der Waals surface area contributed by atoms with Crippen LogP contribution in [-0.4, -0.2) is 4.98 Å². The van der Waals surface area contributed by atoms with Gasteiger partial charge in [-0.1, -0.05) is 0 Å². The van der Waals surface area contributed by atoms with Crippen molar-refractivity contribution in [1.82, 2.24) is 4.98 Å². The number of rotatable bonds is 0. The number of halogens is 1. The molecule has 0 N–H and O–H groups in total. The first kappa shape index (κ1) is 5.22. The minimum absolute atomic E-state index is 0.339. The van der Waals surface area contributed by atoms with E-state index in [4.69, 9.17) is 6.92 Å². The average Bonchev–Trinajstić information content (AvgIpc) is 1.77. The van der Waals surface area contributed by atoms with E-state index in [1.54, 1.807) is 0 Å². The van der Waals surface area contributed by atoms with Gasteiger partial charge in [0.05, 0.1) is 6.20 Å². The molecule has 0 aliphatic carbocycles. The Morgan fingerprint density at radius 3 is 2.62 bits per heavy atom. The summed E-state index contributed by atoms with van der Waals surface area (Å²) in [5.74, 6) is -0.362. The molecule has 0 unspecified atom stereocenters. The lowest BCUT2D eigenvalue weighted by molar-refractivity contribution is 0.621. The zero-order chi connectivity index (χ0) is 5.98. The normalized spacial score (nSPS) is 9.25. The Morgan fingerprint density at radius 1 is 1.50 bits per heavy atom. The maximum Gasteiger partial charge on any atom is 0.141 e. The van der Waals surface area contributed by atoms with Crippen LogP contribution in [0, 0.1) is 12.7 Å². The fourth-order valence-electron chi connectivity index (χ4n) is 0.387. The van der Waals surface area contributed by atoms with Crippen molar-refractivity contribution in [3.63, 3.8) is 0 Å². The van der Waals surface area contributed by atoms with Gasteiger partial charge in [-0.15, -0.1) is 0 Å². The van der Waals surface area contributed by atoms with Crippen LogP contribution in [0.15, 0.2) is 18.3 Å². The smallest absolute Gasteiger partial charge is 0.141 e. The van der Waals surface area contributed by atoms with E-state index in [2.05, 4.69) is 4.98 Å². The van der Waals surface area contributed by atoms with E-state index in [-0.39, 0.29) is 5.82 Å². The van der Waals surface area contributed by atoms with Gasteiger partial charge in [0.25, 0.3) is 0 Å². The quantitative estimate of drug-likeness (QED) is 0.489. The van der Waals surface area contributed by atoms with Crippen molar-refractivity contribution in [1.29, 1.82) is 0 Å². The summed E-state index contributed by atoms with van der Waals surface area (Å²) < 4.78 is 12.0. The Kier molecular flexibility index (Phi) is 1.24. The summed E-state index contributed by atoms with van der Waals surface area (Å²) in [6, 6.07) is 2.68. The van der Waals surface area contributed by atoms with Crippen molar-refractivity contribution in [2.24, 2.45) is 0 Å². The number of hydrogen-bond donors (Lipinski definition) is 0. The van der Waals surface area contributed by atoms with Crippen molar-refractivity contribution in [3.8, 4) is 0 Å². The van der Waals surface area contributed by atoms with Gasteiger partial charge in [0, 0.05) is 12.6 Å². The minimum Gasteiger partial charge on any atom is -0.258 e. The van der Waals surface area contributed by atoms with Crippen LogP contribution in [0.4, 0.5) is 4.39 Å². The van der Waals surface area contributed by atoms with Crippen molar-refractivity contribution in [2.45, 2.75) is 0 Å². The van der Waals surface area contributed by atoms with Crippen molar-refractivity contribution in [3.05, 3.63) is 36.8 Å². The highest BCUT2D eigenvalue weighted by atomic mass is 19.1. The van der Waals surface area contributed by atoms with Crippen molar-refractivity contribution >= 4 is 0 Å². The van der Waals surface area contributed by atoms with Crippen LogP contribution in [0.25, 0.3) is 0 Å². The van der Waals surface area contributed by atoms with Gasteiger partial charge in [-0.3, -0.25) is 4.98 Å². The van der Waals surface area contributed by atoms with Crippen LogP contribution in [0.5, 0.6) is 0 Å². The third-order valence-electron chi connectivity index (χ3n) is 0.750. The lowest BCUT2D eigenvalue weighted by Gasteiger charge is -1.85. The van der Waals surface area contributed by atoms with Gasteiger partial charge < -0.3 is 0 Å². The molecule has 1 nitrogen and oxygen atoms in total. The molecular formula is C6H4FN. The van der Waals surface area contributed by atoms with Crippen LogP contribution in [0.1, 0.15) is 5.69 Å². The third kappa shape index (κ3) is 1.03. The molecule has 8 heavy (non-hydrogen) atoms. The van der Waals surface area contributed by atoms with Crippen LogP contribution >= 0.6 is 0 Å². The van der Waals surface area contributed by atoms with Crippen LogP contribution < -0.4 is 0 Å². The first-order chi connectivity index (χ1) is 3.79. The Hall–Kier alpha value is -0.920. The van der Waals surface area contributed by atoms with Crippen molar-refractivity contribution in [2.75, 3.05) is 0 Å². The molecule has 0 amide bonds. The topological polar surface area (TPSA) is 12.9 Å². The van der Waals surface area contributed by atoms with Crippen LogP contribution in [0.3, 0.4) is 0 Å². The average molecular weight is 109 g/mol. The maximum absolute atomic E-state index is 12.0. The molecule has 0 saturated heterocycles. The van der Waals surface area contributed by atoms with Gasteiger partial charge in [-0.25, -0.2) is 4.39 Å². The number of nitrogens with zero attached hydrogens (tertiary/aromatic N) is 1. The number of hydrogen-bond acceptors (Lipinski definition) is 1. The molecule has 40 valence electrons. The molecule has 0 bridgehead atoms. The Balaban J connectivity index is 3.03. The van der Waals surface area contributed by atoms with Crippen LogP contribution in [-0.2, 0) is 0 Å². The minimum atomic E-state index is -0.362. The summed E-state index contributed by atoms with van der Waals surface area (Å²) in [6.45, 7) is 5.15. The number of aromatic nitrogens is 1. The second-order valence-electron chi connectivity index (χ2n) is 1.40. The van der Waals surface area contributed by atoms with E-state index in [0.29, 0.717) is 5.69 Å².